The van der Waals surface area contributed by atoms with Crippen LogP contribution in [-0.4, -0.2) is 55.9 Å². The van der Waals surface area contributed by atoms with Gasteiger partial charge in [-0.15, -0.1) is 24.0 Å². The van der Waals surface area contributed by atoms with Gasteiger partial charge in [0.1, 0.15) is 11.4 Å². The molecule has 4 N–H and O–H groups in total. The van der Waals surface area contributed by atoms with Crippen molar-refractivity contribution in [3.05, 3.63) is 36.4 Å². The third-order valence-corrected chi connectivity index (χ3v) is 3.86. The molecule has 30 heavy (non-hydrogen) atoms. The van der Waals surface area contributed by atoms with Crippen LogP contribution in [0.1, 0.15) is 27.2 Å². The number of nitrogens with zero attached hydrogens (tertiary/aromatic N) is 2. The average molecular weight is 528 g/mol. The van der Waals surface area contributed by atoms with E-state index in [1.807, 2.05) is 51.1 Å². The first-order valence-corrected chi connectivity index (χ1v) is 9.88. The molecule has 9 heteroatoms. The molecule has 0 aliphatic heterocycles. The number of para-hydroxylation sites is 1. The Bertz CT molecular complexity index is 822. The zero-order valence-electron chi connectivity index (χ0n) is 18.1. The second-order valence-corrected chi connectivity index (χ2v) is 7.52. The molecular formula is C21H33IN6O2. The first-order valence-electron chi connectivity index (χ1n) is 9.88. The molecule has 0 bridgehead atoms. The number of aromatic nitrogens is 1. The van der Waals surface area contributed by atoms with Crippen LogP contribution in [-0.2, 0) is 4.74 Å². The fourth-order valence-electron chi connectivity index (χ4n) is 2.56. The molecule has 0 fully saturated rings. The number of anilines is 1. The van der Waals surface area contributed by atoms with Crippen LogP contribution in [0.4, 0.5) is 10.6 Å². The van der Waals surface area contributed by atoms with Crippen molar-refractivity contribution < 1.29 is 9.53 Å². The summed E-state index contributed by atoms with van der Waals surface area (Å²) in [5.41, 5.74) is 0.493. The smallest absolute Gasteiger partial charge is 0.407 e. The second-order valence-electron chi connectivity index (χ2n) is 7.52. The van der Waals surface area contributed by atoms with Crippen LogP contribution in [0, 0.1) is 0 Å². The van der Waals surface area contributed by atoms with E-state index in [4.69, 9.17) is 4.74 Å². The Balaban J connectivity index is 0.00000450. The molecule has 0 spiro atoms. The highest BCUT2D eigenvalue weighted by atomic mass is 127. The molecule has 8 nitrogen and oxygen atoms in total. The number of rotatable bonds is 8. The van der Waals surface area contributed by atoms with Gasteiger partial charge < -0.3 is 26.0 Å². The van der Waals surface area contributed by atoms with Crippen molar-refractivity contribution in [2.24, 2.45) is 4.99 Å². The monoisotopic (exact) mass is 528 g/mol. The number of hydrogen-bond donors (Lipinski definition) is 4. The minimum absolute atomic E-state index is 0. The highest BCUT2D eigenvalue weighted by molar-refractivity contribution is 14.0. The maximum atomic E-state index is 11.6. The summed E-state index contributed by atoms with van der Waals surface area (Å²) in [5, 5.41) is 13.6. The van der Waals surface area contributed by atoms with Crippen molar-refractivity contribution in [1.29, 1.82) is 0 Å². The summed E-state index contributed by atoms with van der Waals surface area (Å²) in [4.78, 5) is 20.4. The summed E-state index contributed by atoms with van der Waals surface area (Å²) in [6.07, 6.45) is 0.368. The maximum Gasteiger partial charge on any atom is 0.407 e. The molecule has 0 atom stereocenters. The van der Waals surface area contributed by atoms with Gasteiger partial charge in [0.25, 0.3) is 0 Å². The number of ether oxygens (including phenoxy) is 1. The van der Waals surface area contributed by atoms with E-state index in [0.717, 1.165) is 29.1 Å². The lowest BCUT2D eigenvalue weighted by Gasteiger charge is -2.19. The van der Waals surface area contributed by atoms with Crippen molar-refractivity contribution in [2.45, 2.75) is 32.8 Å². The van der Waals surface area contributed by atoms with Crippen LogP contribution in [0.15, 0.2) is 41.4 Å². The predicted molar refractivity (Wildman–Crippen MR) is 134 cm³/mol. The lowest BCUT2D eigenvalue weighted by atomic mass is 10.2. The van der Waals surface area contributed by atoms with Gasteiger partial charge in [-0.05, 0) is 45.4 Å². The topological polar surface area (TPSA) is 99.7 Å². The van der Waals surface area contributed by atoms with E-state index < -0.39 is 11.7 Å². The van der Waals surface area contributed by atoms with Gasteiger partial charge in [-0.1, -0.05) is 18.2 Å². The van der Waals surface area contributed by atoms with E-state index >= 15 is 0 Å². The minimum Gasteiger partial charge on any atom is -0.444 e. The highest BCUT2D eigenvalue weighted by Gasteiger charge is 2.15. The number of carbonyl (C=O) groups excluding carboxylic acids is 1. The number of alkyl carbamates (subject to hydrolysis) is 1. The summed E-state index contributed by atoms with van der Waals surface area (Å²) in [6.45, 7) is 8.16. The Morgan fingerprint density at radius 3 is 2.43 bits per heavy atom. The predicted octanol–water partition coefficient (Wildman–Crippen LogP) is 3.34. The number of pyridine rings is 1. The van der Waals surface area contributed by atoms with Gasteiger partial charge in [-0.3, -0.25) is 4.99 Å². The van der Waals surface area contributed by atoms with Crippen LogP contribution in [0.2, 0.25) is 0 Å². The number of nitrogens with one attached hydrogen (secondary N) is 4. The van der Waals surface area contributed by atoms with Crippen molar-refractivity contribution in [1.82, 2.24) is 20.9 Å². The third kappa shape index (κ3) is 9.95. The molecular weight excluding hydrogens is 495 g/mol. The number of amides is 1. The standard InChI is InChI=1S/C21H32N6O2.HI/c1-21(2,3)29-20(28)26-13-7-12-24-19(22-4)25-15-14-23-18-11-10-16-8-5-6-9-17(16)27-18;/h5-6,8-11H,7,12-15H2,1-4H3,(H,23,27)(H,26,28)(H2,22,24,25);1H. The summed E-state index contributed by atoms with van der Waals surface area (Å²) >= 11 is 0. The molecule has 1 heterocycles. The van der Waals surface area contributed by atoms with Crippen molar-refractivity contribution >= 4 is 52.8 Å². The van der Waals surface area contributed by atoms with E-state index in [9.17, 15) is 4.79 Å². The first kappa shape index (κ1) is 25.7. The number of benzene rings is 1. The molecule has 1 amide bonds. The Morgan fingerprint density at radius 1 is 1.00 bits per heavy atom. The quantitative estimate of drug-likeness (QED) is 0.182. The van der Waals surface area contributed by atoms with E-state index in [0.29, 0.717) is 26.2 Å². The van der Waals surface area contributed by atoms with Gasteiger partial charge in [0, 0.05) is 38.6 Å². The number of hydrogen-bond acceptors (Lipinski definition) is 5. The fourth-order valence-corrected chi connectivity index (χ4v) is 2.56. The van der Waals surface area contributed by atoms with Gasteiger partial charge in [0.05, 0.1) is 5.52 Å². The number of aliphatic imine (C=N–C) groups is 1. The second kappa shape index (κ2) is 13.1. The SMILES string of the molecule is CN=C(NCCCNC(=O)OC(C)(C)C)NCCNc1ccc2ccccc2n1.I. The Morgan fingerprint density at radius 2 is 1.70 bits per heavy atom. The van der Waals surface area contributed by atoms with Crippen molar-refractivity contribution in [3.8, 4) is 0 Å². The fraction of sp³-hybridized carbons (Fsp3) is 0.476. The Kier molecular flexibility index (Phi) is 11.2. The molecule has 0 aliphatic carbocycles. The molecule has 2 aromatic rings. The summed E-state index contributed by atoms with van der Waals surface area (Å²) in [7, 11) is 1.73. The van der Waals surface area contributed by atoms with E-state index in [1.165, 1.54) is 0 Å². The lowest BCUT2D eigenvalue weighted by Crippen LogP contribution is -2.41. The Hall–Kier alpha value is -2.30. The van der Waals surface area contributed by atoms with Gasteiger partial charge in [-0.2, -0.15) is 0 Å². The molecule has 0 unspecified atom stereocenters. The molecule has 2 rings (SSSR count). The number of halogens is 1. The largest absolute Gasteiger partial charge is 0.444 e. The van der Waals surface area contributed by atoms with Crippen LogP contribution >= 0.6 is 24.0 Å². The Labute approximate surface area is 195 Å². The summed E-state index contributed by atoms with van der Waals surface area (Å²) < 4.78 is 5.19. The van der Waals surface area contributed by atoms with E-state index in [-0.39, 0.29) is 24.0 Å². The van der Waals surface area contributed by atoms with Crippen molar-refractivity contribution in [2.75, 3.05) is 38.5 Å². The number of guanidine groups is 1. The third-order valence-electron chi connectivity index (χ3n) is 3.86. The van der Waals surface area contributed by atoms with Gasteiger partial charge in [0.15, 0.2) is 5.96 Å². The molecule has 0 radical (unpaired) electrons. The zero-order valence-corrected chi connectivity index (χ0v) is 20.4. The van der Waals surface area contributed by atoms with E-state index in [2.05, 4.69) is 37.3 Å². The van der Waals surface area contributed by atoms with Gasteiger partial charge >= 0.3 is 6.09 Å². The molecule has 1 aromatic heterocycles. The normalized spacial score (nSPS) is 11.4. The molecule has 1 aromatic carbocycles. The zero-order chi connectivity index (χ0) is 21.1. The molecule has 0 saturated heterocycles. The van der Waals surface area contributed by atoms with Crippen LogP contribution in [0.5, 0.6) is 0 Å². The minimum atomic E-state index is -0.481. The lowest BCUT2D eigenvalue weighted by molar-refractivity contribution is 0.0527. The van der Waals surface area contributed by atoms with Gasteiger partial charge in [-0.25, -0.2) is 9.78 Å². The molecule has 0 saturated carbocycles. The maximum absolute atomic E-state index is 11.6. The first-order chi connectivity index (χ1) is 13.9. The average Bonchev–Trinajstić information content (AvgIpc) is 2.67. The van der Waals surface area contributed by atoms with E-state index in [1.54, 1.807) is 7.05 Å². The van der Waals surface area contributed by atoms with Crippen molar-refractivity contribution in [3.63, 3.8) is 0 Å². The van der Waals surface area contributed by atoms with Gasteiger partial charge in [0.2, 0.25) is 0 Å². The van der Waals surface area contributed by atoms with Crippen LogP contribution < -0.4 is 21.3 Å². The molecule has 166 valence electrons. The summed E-state index contributed by atoms with van der Waals surface area (Å²) in [5.74, 6) is 1.57. The number of fused-ring (bicyclic) bond motifs is 1. The van der Waals surface area contributed by atoms with Crippen LogP contribution in [0.25, 0.3) is 10.9 Å². The highest BCUT2D eigenvalue weighted by Crippen LogP contribution is 2.14. The summed E-state index contributed by atoms with van der Waals surface area (Å²) in [6, 6.07) is 12.1. The van der Waals surface area contributed by atoms with Crippen LogP contribution in [0.3, 0.4) is 0 Å². The molecule has 0 aliphatic rings. The number of carbonyl (C=O) groups is 1.